The maximum atomic E-state index is 13.6. The number of hydrogen-bond donors (Lipinski definition) is 1. The molecule has 87 heavy (non-hydrogen) atoms. The molecule has 0 bridgehead atoms. The number of phosphoric acid groups is 1. The summed E-state index contributed by atoms with van der Waals surface area (Å²) >= 11 is 0. The summed E-state index contributed by atoms with van der Waals surface area (Å²) in [5, 5.41) is 3.05. The summed E-state index contributed by atoms with van der Waals surface area (Å²) in [6, 6.07) is -0.891. The first kappa shape index (κ1) is 85.0. The van der Waals surface area contributed by atoms with Gasteiger partial charge in [0.25, 0.3) is 7.82 Å². The molecule has 3 atom stereocenters. The smallest absolute Gasteiger partial charge is 0.306 e. The second-order valence-electron chi connectivity index (χ2n) is 27.2. The van der Waals surface area contributed by atoms with Crippen LogP contribution in [0.15, 0.2) is 48.6 Å². The van der Waals surface area contributed by atoms with Crippen LogP contribution >= 0.6 is 7.82 Å². The number of quaternary nitrogens is 1. The van der Waals surface area contributed by atoms with Crippen molar-refractivity contribution in [2.45, 2.75) is 392 Å². The van der Waals surface area contributed by atoms with Crippen LogP contribution in [0, 0.1) is 0 Å². The third kappa shape index (κ3) is 68.2. The Hall–Kier alpha value is -2.03. The molecular formula is C77H147N2O7P. The van der Waals surface area contributed by atoms with E-state index >= 15 is 0 Å². The molecule has 0 radical (unpaired) electrons. The molecular weight excluding hydrogens is 1100 g/mol. The predicted octanol–water partition coefficient (Wildman–Crippen LogP) is 23.7. The molecule has 0 aliphatic heterocycles. The van der Waals surface area contributed by atoms with Crippen molar-refractivity contribution in [2.24, 2.45) is 0 Å². The summed E-state index contributed by atoms with van der Waals surface area (Å²) < 4.78 is 30.5. The van der Waals surface area contributed by atoms with Crippen LogP contribution in [0.3, 0.4) is 0 Å². The molecule has 0 saturated heterocycles. The van der Waals surface area contributed by atoms with E-state index in [2.05, 4.69) is 62.5 Å². The Morgan fingerprint density at radius 3 is 1.07 bits per heavy atom. The molecule has 0 rings (SSSR count). The van der Waals surface area contributed by atoms with Gasteiger partial charge in [-0.15, -0.1) is 0 Å². The summed E-state index contributed by atoms with van der Waals surface area (Å²) in [6.07, 6.45) is 85.3. The molecule has 0 aromatic carbocycles. The van der Waals surface area contributed by atoms with E-state index in [0.29, 0.717) is 17.4 Å². The summed E-state index contributed by atoms with van der Waals surface area (Å²) in [7, 11) is 1.20. The molecule has 0 heterocycles. The van der Waals surface area contributed by atoms with Gasteiger partial charge in [-0.1, -0.05) is 346 Å². The van der Waals surface area contributed by atoms with Crippen LogP contribution < -0.4 is 10.2 Å². The Morgan fingerprint density at radius 1 is 0.402 bits per heavy atom. The molecule has 0 saturated carbocycles. The van der Waals surface area contributed by atoms with E-state index in [-0.39, 0.29) is 31.5 Å². The number of esters is 1. The van der Waals surface area contributed by atoms with E-state index in [1.54, 1.807) is 0 Å². The number of nitrogens with one attached hydrogen (secondary N) is 1. The van der Waals surface area contributed by atoms with Crippen molar-refractivity contribution in [1.29, 1.82) is 0 Å². The Morgan fingerprint density at radius 2 is 0.701 bits per heavy atom. The van der Waals surface area contributed by atoms with Crippen LogP contribution in [0.2, 0.25) is 0 Å². The lowest BCUT2D eigenvalue weighted by atomic mass is 10.0. The van der Waals surface area contributed by atoms with Gasteiger partial charge in [0.15, 0.2) is 0 Å². The molecule has 0 aromatic heterocycles. The number of hydrogen-bond acceptors (Lipinski definition) is 7. The van der Waals surface area contributed by atoms with Gasteiger partial charge in [-0.25, -0.2) is 0 Å². The zero-order valence-corrected chi connectivity index (χ0v) is 59.6. The minimum atomic E-state index is -4.71. The molecule has 0 aliphatic carbocycles. The fourth-order valence-electron chi connectivity index (χ4n) is 11.4. The lowest BCUT2D eigenvalue weighted by Crippen LogP contribution is -2.47. The molecule has 10 heteroatoms. The van der Waals surface area contributed by atoms with Gasteiger partial charge in [0.05, 0.1) is 33.8 Å². The molecule has 0 aliphatic rings. The van der Waals surface area contributed by atoms with E-state index in [1.807, 2.05) is 33.3 Å². The lowest BCUT2D eigenvalue weighted by Gasteiger charge is -2.30. The van der Waals surface area contributed by atoms with Crippen LogP contribution in [0.25, 0.3) is 0 Å². The normalized spacial score (nSPS) is 13.7. The Kier molecular flexibility index (Phi) is 65.3. The standard InChI is InChI=1S/C77H147N2O7P/c1-7-10-13-16-19-22-25-28-30-32-34-36-37-38-39-40-41-43-44-46-48-51-54-57-60-63-66-69-76(80)78-74(73-85-87(82,83)84-72-71-79(4,5)6)75(68-65-62-59-56-53-50-27-24-21-18-15-12-9-3)86-77(81)70-67-64-61-58-55-52-49-47-45-42-35-33-31-29-26-23-20-17-14-11-8-2/h20,23,29,31,35,42,65,68,74-75H,7-19,21-22,24-28,30,32-34,36-41,43-64,66-67,69-73H2,1-6H3,(H-,78,80,82,83)/b23-20-,31-29-,42-35-,68-65+. The molecule has 0 fully saturated rings. The van der Waals surface area contributed by atoms with E-state index in [0.717, 1.165) is 83.5 Å². The van der Waals surface area contributed by atoms with E-state index in [1.165, 1.54) is 263 Å². The quantitative estimate of drug-likeness (QED) is 0.0212. The van der Waals surface area contributed by atoms with Crippen LogP contribution in [-0.2, 0) is 27.9 Å². The second kappa shape index (κ2) is 66.9. The number of likely N-dealkylation sites (N-methyl/N-ethyl adjacent to an activating group) is 1. The highest BCUT2D eigenvalue weighted by Crippen LogP contribution is 2.38. The number of rotatable bonds is 70. The highest BCUT2D eigenvalue weighted by molar-refractivity contribution is 7.45. The molecule has 0 spiro atoms. The second-order valence-corrected chi connectivity index (χ2v) is 28.6. The van der Waals surface area contributed by atoms with E-state index in [4.69, 9.17) is 13.8 Å². The van der Waals surface area contributed by atoms with Crippen LogP contribution in [0.4, 0.5) is 0 Å². The zero-order chi connectivity index (χ0) is 63.5. The first-order chi connectivity index (χ1) is 42.4. The number of carbonyl (C=O) groups excluding carboxylic acids is 2. The first-order valence-electron chi connectivity index (χ1n) is 37.9. The topological polar surface area (TPSA) is 114 Å². The van der Waals surface area contributed by atoms with Crippen molar-refractivity contribution in [3.05, 3.63) is 48.6 Å². The largest absolute Gasteiger partial charge is 0.756 e. The maximum Gasteiger partial charge on any atom is 0.306 e. The minimum Gasteiger partial charge on any atom is -0.756 e. The third-order valence-corrected chi connectivity index (χ3v) is 18.2. The zero-order valence-electron chi connectivity index (χ0n) is 58.7. The van der Waals surface area contributed by atoms with Crippen LogP contribution in [0.5, 0.6) is 0 Å². The number of unbranched alkanes of at least 4 members (excludes halogenated alkanes) is 48. The van der Waals surface area contributed by atoms with Gasteiger partial charge in [0.2, 0.25) is 5.91 Å². The summed E-state index contributed by atoms with van der Waals surface area (Å²) in [5.74, 6) is -0.530. The summed E-state index contributed by atoms with van der Waals surface area (Å²) in [5.41, 5.74) is 0. The highest BCUT2D eigenvalue weighted by atomic mass is 31.2. The van der Waals surface area contributed by atoms with Crippen molar-refractivity contribution in [3.63, 3.8) is 0 Å². The van der Waals surface area contributed by atoms with Crippen molar-refractivity contribution < 1.29 is 37.3 Å². The number of amides is 1. The van der Waals surface area contributed by atoms with Gasteiger partial charge in [-0.05, 0) is 70.3 Å². The monoisotopic (exact) mass is 1240 g/mol. The first-order valence-corrected chi connectivity index (χ1v) is 39.4. The van der Waals surface area contributed by atoms with Crippen LogP contribution in [0.1, 0.15) is 380 Å². The molecule has 512 valence electrons. The molecule has 3 unspecified atom stereocenters. The molecule has 1 N–H and O–H groups in total. The fourth-order valence-corrected chi connectivity index (χ4v) is 12.1. The van der Waals surface area contributed by atoms with Crippen molar-refractivity contribution >= 4 is 19.7 Å². The summed E-state index contributed by atoms with van der Waals surface area (Å²) in [6.45, 7) is 6.88. The number of carbonyl (C=O) groups is 2. The maximum absolute atomic E-state index is 13.6. The van der Waals surface area contributed by atoms with Crippen molar-refractivity contribution in [2.75, 3.05) is 40.9 Å². The average Bonchev–Trinajstić information content (AvgIpc) is 3.70. The number of phosphoric ester groups is 1. The van der Waals surface area contributed by atoms with Gasteiger partial charge in [0, 0.05) is 12.8 Å². The van der Waals surface area contributed by atoms with Gasteiger partial charge in [-0.2, -0.15) is 0 Å². The number of nitrogens with zero attached hydrogens (tertiary/aromatic N) is 1. The Balaban J connectivity index is 4.99. The van der Waals surface area contributed by atoms with Gasteiger partial charge < -0.3 is 28.5 Å². The Labute approximate surface area is 541 Å². The SMILES string of the molecule is CCCCC/C=C\C/C=C\C/C=C\CCCCCCCCCCC(=O)OC(/C=C/CCCCCCCCCCCCC)C(COP(=O)([O-])OCC[N+](C)(C)C)NC(=O)CCCCCCCCCCCCCCCCCCCCCCCCCCCCC. The van der Waals surface area contributed by atoms with Crippen molar-refractivity contribution in [3.8, 4) is 0 Å². The Bertz CT molecular complexity index is 1620. The lowest BCUT2D eigenvalue weighted by molar-refractivity contribution is -0.870. The minimum absolute atomic E-state index is 0.0218. The van der Waals surface area contributed by atoms with Gasteiger partial charge >= 0.3 is 5.97 Å². The molecule has 9 nitrogen and oxygen atoms in total. The van der Waals surface area contributed by atoms with Crippen molar-refractivity contribution in [1.82, 2.24) is 5.32 Å². The number of ether oxygens (including phenoxy) is 1. The number of allylic oxidation sites excluding steroid dienone is 7. The van der Waals surface area contributed by atoms with Crippen LogP contribution in [-0.4, -0.2) is 69.4 Å². The van der Waals surface area contributed by atoms with E-state index in [9.17, 15) is 19.0 Å². The third-order valence-electron chi connectivity index (χ3n) is 17.3. The fraction of sp³-hybridized carbons (Fsp3) is 0.870. The molecule has 0 aromatic rings. The average molecular weight is 1240 g/mol. The highest BCUT2D eigenvalue weighted by Gasteiger charge is 2.27. The van der Waals surface area contributed by atoms with Gasteiger partial charge in [-0.3, -0.25) is 14.2 Å². The molecule has 1 amide bonds. The summed E-state index contributed by atoms with van der Waals surface area (Å²) in [4.78, 5) is 40.3. The van der Waals surface area contributed by atoms with Gasteiger partial charge in [0.1, 0.15) is 19.3 Å². The predicted molar refractivity (Wildman–Crippen MR) is 376 cm³/mol. The van der Waals surface area contributed by atoms with E-state index < -0.39 is 20.0 Å².